The average Bonchev–Trinajstić information content (AvgIpc) is 2.38. The number of hydrazone groups is 1. The highest BCUT2D eigenvalue weighted by atomic mass is 16.1. The molecule has 90 valence electrons. The predicted octanol–water partition coefficient (Wildman–Crippen LogP) is 2.65. The molecule has 0 bridgehead atoms. The van der Waals surface area contributed by atoms with Crippen molar-refractivity contribution < 1.29 is 4.79 Å². The molecule has 0 N–H and O–H groups in total. The lowest BCUT2D eigenvalue weighted by Gasteiger charge is -2.22. The number of Topliss-reactive ketones (excluding diaryl/α,β-unsaturated/α-hetero) is 1. The number of benzene rings is 1. The summed E-state index contributed by atoms with van der Waals surface area (Å²) >= 11 is 0. The second-order valence-corrected chi connectivity index (χ2v) is 4.49. The number of aryl methyl sites for hydroxylation is 1. The second kappa shape index (κ2) is 5.62. The van der Waals surface area contributed by atoms with Crippen molar-refractivity contribution in [3.8, 4) is 0 Å². The van der Waals surface area contributed by atoms with Crippen LogP contribution in [-0.2, 0) is 0 Å². The number of hydrogen-bond acceptors (Lipinski definition) is 3. The molecular weight excluding hydrogens is 212 g/mol. The van der Waals surface area contributed by atoms with Gasteiger partial charge >= 0.3 is 0 Å². The molecule has 0 saturated carbocycles. The molecule has 2 rings (SSSR count). The Bertz CT molecular complexity index is 403. The number of piperidine rings is 1. The molecule has 0 unspecified atom stereocenters. The van der Waals surface area contributed by atoms with Gasteiger partial charge in [0.05, 0.1) is 6.21 Å². The van der Waals surface area contributed by atoms with E-state index >= 15 is 0 Å². The third-order valence-electron chi connectivity index (χ3n) is 3.01. The topological polar surface area (TPSA) is 32.7 Å². The average molecular weight is 230 g/mol. The molecule has 0 spiro atoms. The van der Waals surface area contributed by atoms with Gasteiger partial charge in [-0.1, -0.05) is 29.8 Å². The van der Waals surface area contributed by atoms with Gasteiger partial charge in [-0.15, -0.1) is 0 Å². The van der Waals surface area contributed by atoms with Crippen LogP contribution in [0.15, 0.2) is 29.4 Å². The Hall–Kier alpha value is -1.64. The van der Waals surface area contributed by atoms with Crippen molar-refractivity contribution in [1.29, 1.82) is 0 Å². The Morgan fingerprint density at radius 1 is 1.18 bits per heavy atom. The van der Waals surface area contributed by atoms with Crippen molar-refractivity contribution in [1.82, 2.24) is 5.01 Å². The molecule has 1 aliphatic heterocycles. The van der Waals surface area contributed by atoms with Gasteiger partial charge in [-0.25, -0.2) is 0 Å². The van der Waals surface area contributed by atoms with Crippen molar-refractivity contribution in [2.45, 2.75) is 26.2 Å². The van der Waals surface area contributed by atoms with E-state index in [1.165, 1.54) is 25.5 Å². The fourth-order valence-electron chi connectivity index (χ4n) is 1.92. The zero-order valence-electron chi connectivity index (χ0n) is 10.2. The molecule has 1 heterocycles. The van der Waals surface area contributed by atoms with E-state index < -0.39 is 0 Å². The highest BCUT2D eigenvalue weighted by Gasteiger charge is 2.07. The van der Waals surface area contributed by atoms with Crippen molar-refractivity contribution in [3.05, 3.63) is 35.4 Å². The Kier molecular flexibility index (Phi) is 3.91. The van der Waals surface area contributed by atoms with Gasteiger partial charge < -0.3 is 0 Å². The molecular formula is C14H18N2O. The lowest BCUT2D eigenvalue weighted by molar-refractivity contribution is 0.106. The number of nitrogens with zero attached hydrogens (tertiary/aromatic N) is 2. The highest BCUT2D eigenvalue weighted by molar-refractivity contribution is 6.35. The summed E-state index contributed by atoms with van der Waals surface area (Å²) in [6.07, 6.45) is 5.07. The minimum absolute atomic E-state index is 0.0180. The molecule has 1 saturated heterocycles. The van der Waals surface area contributed by atoms with Gasteiger partial charge in [0.2, 0.25) is 5.78 Å². The van der Waals surface area contributed by atoms with Crippen molar-refractivity contribution in [3.63, 3.8) is 0 Å². The normalized spacial score (nSPS) is 16.4. The number of carbonyl (C=O) groups is 1. The smallest absolute Gasteiger partial charge is 0.205 e. The Labute approximate surface area is 102 Å². The van der Waals surface area contributed by atoms with Crippen LogP contribution in [0.25, 0.3) is 0 Å². The quantitative estimate of drug-likeness (QED) is 0.590. The molecule has 1 fully saturated rings. The fourth-order valence-corrected chi connectivity index (χ4v) is 1.92. The summed E-state index contributed by atoms with van der Waals surface area (Å²) in [6.45, 7) is 3.95. The van der Waals surface area contributed by atoms with Crippen molar-refractivity contribution in [2.24, 2.45) is 5.10 Å². The lowest BCUT2D eigenvalue weighted by Crippen LogP contribution is -2.25. The van der Waals surface area contributed by atoms with Crippen LogP contribution in [0, 0.1) is 6.92 Å². The first-order valence-corrected chi connectivity index (χ1v) is 6.15. The summed E-state index contributed by atoms with van der Waals surface area (Å²) in [5.74, 6) is -0.0180. The van der Waals surface area contributed by atoms with E-state index in [9.17, 15) is 4.79 Å². The van der Waals surface area contributed by atoms with E-state index in [4.69, 9.17) is 0 Å². The molecule has 17 heavy (non-hydrogen) atoms. The molecule has 3 nitrogen and oxygen atoms in total. The minimum Gasteiger partial charge on any atom is -0.297 e. The summed E-state index contributed by atoms with van der Waals surface area (Å²) in [6, 6.07) is 7.59. The first-order chi connectivity index (χ1) is 8.25. The summed E-state index contributed by atoms with van der Waals surface area (Å²) in [4.78, 5) is 11.8. The highest BCUT2D eigenvalue weighted by Crippen LogP contribution is 2.08. The molecule has 3 heteroatoms. The van der Waals surface area contributed by atoms with Gasteiger partial charge in [0.1, 0.15) is 0 Å². The summed E-state index contributed by atoms with van der Waals surface area (Å²) in [5.41, 5.74) is 1.87. The fraction of sp³-hybridized carbons (Fsp3) is 0.429. The van der Waals surface area contributed by atoms with E-state index in [-0.39, 0.29) is 5.78 Å². The molecule has 1 aliphatic rings. The summed E-state index contributed by atoms with van der Waals surface area (Å²) in [7, 11) is 0. The maximum atomic E-state index is 11.8. The molecule has 0 aromatic heterocycles. The predicted molar refractivity (Wildman–Crippen MR) is 69.4 cm³/mol. The number of rotatable bonds is 3. The monoisotopic (exact) mass is 230 g/mol. The molecule has 0 amide bonds. The first-order valence-electron chi connectivity index (χ1n) is 6.15. The molecule has 1 aromatic rings. The van der Waals surface area contributed by atoms with Gasteiger partial charge in [-0.2, -0.15) is 5.10 Å². The van der Waals surface area contributed by atoms with Crippen LogP contribution in [0.4, 0.5) is 0 Å². The first kappa shape index (κ1) is 11.8. The van der Waals surface area contributed by atoms with E-state index in [2.05, 4.69) is 5.10 Å². The van der Waals surface area contributed by atoms with Gasteiger partial charge in [0, 0.05) is 18.7 Å². The number of carbonyl (C=O) groups excluding carboxylic acids is 1. The van der Waals surface area contributed by atoms with Crippen LogP contribution in [0.3, 0.4) is 0 Å². The van der Waals surface area contributed by atoms with E-state index in [1.807, 2.05) is 36.2 Å². The van der Waals surface area contributed by atoms with Crippen LogP contribution in [-0.4, -0.2) is 30.1 Å². The Morgan fingerprint density at radius 3 is 2.47 bits per heavy atom. The van der Waals surface area contributed by atoms with Crippen LogP contribution in [0.2, 0.25) is 0 Å². The Balaban J connectivity index is 1.96. The van der Waals surface area contributed by atoms with Gasteiger partial charge in [0.25, 0.3) is 0 Å². The zero-order chi connectivity index (χ0) is 12.1. The maximum absolute atomic E-state index is 11.8. The zero-order valence-corrected chi connectivity index (χ0v) is 10.2. The van der Waals surface area contributed by atoms with Gasteiger partial charge in [-0.3, -0.25) is 9.80 Å². The SMILES string of the molecule is Cc1ccc(C(=O)/C=N/N2CCCCC2)cc1. The van der Waals surface area contributed by atoms with Crippen LogP contribution < -0.4 is 0 Å². The molecule has 1 aromatic carbocycles. The van der Waals surface area contributed by atoms with Crippen molar-refractivity contribution >= 4 is 12.0 Å². The standard InChI is InChI=1S/C14H18N2O/c1-12-5-7-13(8-6-12)14(17)11-15-16-9-3-2-4-10-16/h5-8,11H,2-4,9-10H2,1H3/b15-11+. The van der Waals surface area contributed by atoms with Crippen molar-refractivity contribution in [2.75, 3.05) is 13.1 Å². The molecule has 0 atom stereocenters. The van der Waals surface area contributed by atoms with Crippen LogP contribution in [0.5, 0.6) is 0 Å². The summed E-state index contributed by atoms with van der Waals surface area (Å²) in [5, 5.41) is 6.22. The molecule has 0 aliphatic carbocycles. The summed E-state index contributed by atoms with van der Waals surface area (Å²) < 4.78 is 0. The number of hydrogen-bond donors (Lipinski definition) is 0. The Morgan fingerprint density at radius 2 is 1.82 bits per heavy atom. The van der Waals surface area contributed by atoms with E-state index in [1.54, 1.807) is 0 Å². The van der Waals surface area contributed by atoms with Gasteiger partial charge in [0.15, 0.2) is 0 Å². The molecule has 0 radical (unpaired) electrons. The van der Waals surface area contributed by atoms with Crippen LogP contribution in [0.1, 0.15) is 35.2 Å². The third kappa shape index (κ3) is 3.41. The second-order valence-electron chi connectivity index (χ2n) is 4.49. The third-order valence-corrected chi connectivity index (χ3v) is 3.01. The van der Waals surface area contributed by atoms with E-state index in [0.29, 0.717) is 5.56 Å². The number of ketones is 1. The van der Waals surface area contributed by atoms with E-state index in [0.717, 1.165) is 18.7 Å². The lowest BCUT2D eigenvalue weighted by atomic mass is 10.1. The maximum Gasteiger partial charge on any atom is 0.205 e. The largest absolute Gasteiger partial charge is 0.297 e. The van der Waals surface area contributed by atoms with Crippen LogP contribution >= 0.6 is 0 Å². The minimum atomic E-state index is -0.0180. The van der Waals surface area contributed by atoms with Gasteiger partial charge in [-0.05, 0) is 26.2 Å².